The molecule has 1 aromatic carbocycles. The van der Waals surface area contributed by atoms with Gasteiger partial charge in [0.05, 0.1) is 29.0 Å². The van der Waals surface area contributed by atoms with Crippen LogP contribution in [-0.4, -0.2) is 9.78 Å². The molecule has 0 saturated heterocycles. The summed E-state index contributed by atoms with van der Waals surface area (Å²) in [5.41, 5.74) is 1.86. The predicted octanol–water partition coefficient (Wildman–Crippen LogP) is 4.92. The molecule has 0 amide bonds. The molecule has 0 unspecified atom stereocenters. The fraction of sp³-hybridized carbons (Fsp3) is 0.400. The summed E-state index contributed by atoms with van der Waals surface area (Å²) in [7, 11) is 0. The Balaban J connectivity index is 1.64. The highest BCUT2D eigenvalue weighted by Crippen LogP contribution is 2.29. The van der Waals surface area contributed by atoms with E-state index in [1.165, 1.54) is 25.7 Å². The minimum absolute atomic E-state index is 0.582. The lowest BCUT2D eigenvalue weighted by molar-refractivity contribution is 0.463. The van der Waals surface area contributed by atoms with Gasteiger partial charge < -0.3 is 5.32 Å². The van der Waals surface area contributed by atoms with Crippen LogP contribution in [-0.2, 0) is 6.54 Å². The normalized spacial score (nSPS) is 15.7. The number of anilines is 1. The largest absolute Gasteiger partial charge is 0.378 e. The fourth-order valence-electron chi connectivity index (χ4n) is 2.66. The maximum atomic E-state index is 6.12. The summed E-state index contributed by atoms with van der Waals surface area (Å²) in [4.78, 5) is 0. The molecule has 1 heterocycles. The minimum atomic E-state index is 0.582. The van der Waals surface area contributed by atoms with Crippen LogP contribution >= 0.6 is 23.2 Å². The van der Waals surface area contributed by atoms with Crippen LogP contribution in [0.2, 0.25) is 10.0 Å². The maximum absolute atomic E-state index is 6.12. The van der Waals surface area contributed by atoms with Gasteiger partial charge in [-0.3, -0.25) is 4.68 Å². The van der Waals surface area contributed by atoms with E-state index in [0.29, 0.717) is 22.6 Å². The molecule has 2 aromatic rings. The van der Waals surface area contributed by atoms with Crippen molar-refractivity contribution < 1.29 is 0 Å². The second kappa shape index (κ2) is 6.06. The SMILES string of the molecule is Clc1ccc(Cl)c(NCc2ccn(C3CCCC3)n2)c1. The number of nitrogens with one attached hydrogen (secondary N) is 1. The van der Waals surface area contributed by atoms with Crippen LogP contribution in [0.4, 0.5) is 5.69 Å². The molecule has 5 heteroatoms. The summed E-state index contributed by atoms with van der Waals surface area (Å²) < 4.78 is 2.10. The van der Waals surface area contributed by atoms with Gasteiger partial charge >= 0.3 is 0 Å². The van der Waals surface area contributed by atoms with E-state index in [2.05, 4.69) is 27.4 Å². The zero-order valence-corrected chi connectivity index (χ0v) is 12.7. The lowest BCUT2D eigenvalue weighted by Gasteiger charge is -2.09. The van der Waals surface area contributed by atoms with E-state index in [9.17, 15) is 0 Å². The van der Waals surface area contributed by atoms with Crippen LogP contribution in [0.1, 0.15) is 37.4 Å². The molecular weight excluding hydrogens is 293 g/mol. The molecule has 1 aliphatic carbocycles. The van der Waals surface area contributed by atoms with Gasteiger partial charge in [0.15, 0.2) is 0 Å². The molecule has 106 valence electrons. The molecule has 20 heavy (non-hydrogen) atoms. The number of aromatic nitrogens is 2. The van der Waals surface area contributed by atoms with Crippen LogP contribution < -0.4 is 5.32 Å². The first-order valence-corrected chi connectivity index (χ1v) is 7.71. The van der Waals surface area contributed by atoms with Gasteiger partial charge in [-0.2, -0.15) is 5.10 Å². The van der Waals surface area contributed by atoms with Crippen molar-refractivity contribution in [1.82, 2.24) is 9.78 Å². The third kappa shape index (κ3) is 3.10. The van der Waals surface area contributed by atoms with Gasteiger partial charge in [0.25, 0.3) is 0 Å². The Morgan fingerprint density at radius 2 is 2.00 bits per heavy atom. The Bertz CT molecular complexity index is 589. The van der Waals surface area contributed by atoms with Gasteiger partial charge in [0.1, 0.15) is 0 Å². The molecule has 0 spiro atoms. The quantitative estimate of drug-likeness (QED) is 0.869. The lowest BCUT2D eigenvalue weighted by atomic mass is 10.3. The van der Waals surface area contributed by atoms with Crippen molar-refractivity contribution in [2.24, 2.45) is 0 Å². The summed E-state index contributed by atoms with van der Waals surface area (Å²) in [6.07, 6.45) is 7.20. The summed E-state index contributed by atoms with van der Waals surface area (Å²) in [6, 6.07) is 8.05. The van der Waals surface area contributed by atoms with Gasteiger partial charge in [0.2, 0.25) is 0 Å². The average molecular weight is 310 g/mol. The summed E-state index contributed by atoms with van der Waals surface area (Å²) in [5, 5.41) is 9.26. The zero-order chi connectivity index (χ0) is 13.9. The number of hydrogen-bond acceptors (Lipinski definition) is 2. The minimum Gasteiger partial charge on any atom is -0.378 e. The van der Waals surface area contributed by atoms with Crippen LogP contribution in [0.25, 0.3) is 0 Å². The van der Waals surface area contributed by atoms with E-state index in [1.807, 2.05) is 6.07 Å². The monoisotopic (exact) mass is 309 g/mol. The van der Waals surface area contributed by atoms with Crippen LogP contribution in [0.3, 0.4) is 0 Å². The maximum Gasteiger partial charge on any atom is 0.0815 e. The van der Waals surface area contributed by atoms with Crippen LogP contribution in [0.15, 0.2) is 30.5 Å². The average Bonchev–Trinajstić information content (AvgIpc) is 3.09. The van der Waals surface area contributed by atoms with Gasteiger partial charge in [-0.1, -0.05) is 36.0 Å². The second-order valence-corrected chi connectivity index (χ2v) is 6.05. The number of benzene rings is 1. The Morgan fingerprint density at radius 3 is 2.80 bits per heavy atom. The standard InChI is InChI=1S/C15H17Cl2N3/c16-11-5-6-14(17)15(9-11)18-10-12-7-8-20(19-12)13-3-1-2-4-13/h5-9,13,18H,1-4,10H2. The van der Waals surface area contributed by atoms with Crippen molar-refractivity contribution in [3.05, 3.63) is 46.2 Å². The van der Waals surface area contributed by atoms with E-state index in [-0.39, 0.29) is 0 Å². The molecule has 3 nitrogen and oxygen atoms in total. The summed E-state index contributed by atoms with van der Waals surface area (Å²) in [6.45, 7) is 0.653. The van der Waals surface area contributed by atoms with Crippen molar-refractivity contribution in [2.75, 3.05) is 5.32 Å². The molecule has 3 rings (SSSR count). The van der Waals surface area contributed by atoms with Gasteiger partial charge in [0, 0.05) is 11.2 Å². The fourth-order valence-corrected chi connectivity index (χ4v) is 3.02. The first-order valence-electron chi connectivity index (χ1n) is 6.95. The Labute approximate surface area is 128 Å². The highest BCUT2D eigenvalue weighted by molar-refractivity contribution is 6.35. The molecule has 1 aliphatic rings. The zero-order valence-electron chi connectivity index (χ0n) is 11.1. The summed E-state index contributed by atoms with van der Waals surface area (Å²) >= 11 is 12.1. The molecular formula is C15H17Cl2N3. The number of halogens is 2. The van der Waals surface area contributed by atoms with E-state index >= 15 is 0 Å². The second-order valence-electron chi connectivity index (χ2n) is 5.20. The summed E-state index contributed by atoms with van der Waals surface area (Å²) in [5.74, 6) is 0. The molecule has 0 aliphatic heterocycles. The third-order valence-electron chi connectivity index (χ3n) is 3.75. The highest BCUT2D eigenvalue weighted by atomic mass is 35.5. The third-order valence-corrected chi connectivity index (χ3v) is 4.32. The van der Waals surface area contributed by atoms with E-state index in [1.54, 1.807) is 12.1 Å². The Hall–Kier alpha value is -1.19. The lowest BCUT2D eigenvalue weighted by Crippen LogP contribution is -2.07. The molecule has 0 bridgehead atoms. The van der Waals surface area contributed by atoms with Gasteiger partial charge in [-0.25, -0.2) is 0 Å². The number of nitrogens with zero attached hydrogens (tertiary/aromatic N) is 2. The van der Waals surface area contributed by atoms with E-state index in [0.717, 1.165) is 11.4 Å². The highest BCUT2D eigenvalue weighted by Gasteiger charge is 2.17. The van der Waals surface area contributed by atoms with Crippen molar-refractivity contribution in [3.8, 4) is 0 Å². The van der Waals surface area contributed by atoms with Crippen molar-refractivity contribution in [3.63, 3.8) is 0 Å². The smallest absolute Gasteiger partial charge is 0.0815 e. The van der Waals surface area contributed by atoms with Gasteiger partial charge in [-0.15, -0.1) is 0 Å². The first kappa shape index (κ1) is 13.8. The molecule has 1 N–H and O–H groups in total. The molecule has 1 saturated carbocycles. The first-order chi connectivity index (χ1) is 9.72. The Kier molecular flexibility index (Phi) is 4.18. The Morgan fingerprint density at radius 1 is 1.20 bits per heavy atom. The molecule has 0 atom stereocenters. The molecule has 1 fully saturated rings. The van der Waals surface area contributed by atoms with Crippen LogP contribution in [0, 0.1) is 0 Å². The topological polar surface area (TPSA) is 29.9 Å². The van der Waals surface area contributed by atoms with Crippen molar-refractivity contribution >= 4 is 28.9 Å². The number of rotatable bonds is 4. The number of hydrogen-bond donors (Lipinski definition) is 1. The van der Waals surface area contributed by atoms with Gasteiger partial charge in [-0.05, 0) is 37.1 Å². The van der Waals surface area contributed by atoms with Crippen molar-refractivity contribution in [1.29, 1.82) is 0 Å². The molecule has 1 aromatic heterocycles. The predicted molar refractivity (Wildman–Crippen MR) is 83.5 cm³/mol. The molecule has 0 radical (unpaired) electrons. The van der Waals surface area contributed by atoms with E-state index < -0.39 is 0 Å². The van der Waals surface area contributed by atoms with Crippen LogP contribution in [0.5, 0.6) is 0 Å². The van der Waals surface area contributed by atoms with Crippen molar-refractivity contribution in [2.45, 2.75) is 38.3 Å². The van der Waals surface area contributed by atoms with E-state index in [4.69, 9.17) is 23.2 Å².